The summed E-state index contributed by atoms with van der Waals surface area (Å²) in [6, 6.07) is 14.3. The van der Waals surface area contributed by atoms with Gasteiger partial charge in [-0.25, -0.2) is 9.78 Å². The number of rotatable bonds is 4. The molecule has 0 bridgehead atoms. The molecule has 2 aromatic carbocycles. The van der Waals surface area contributed by atoms with Gasteiger partial charge in [0.1, 0.15) is 5.69 Å². The van der Waals surface area contributed by atoms with Crippen molar-refractivity contribution >= 4 is 34.8 Å². The number of halogens is 1. The second-order valence-electron chi connectivity index (χ2n) is 6.56. The lowest BCUT2D eigenvalue weighted by Gasteiger charge is -2.19. The molecule has 1 saturated heterocycles. The molecule has 1 fully saturated rings. The Morgan fingerprint density at radius 3 is 2.57 bits per heavy atom. The standard InChI is InChI=1S/C21H20ClN5O/c22-17-8-1-2-9-18(17)26-21(28)25-16-7-5-6-15(14-16)19-20(24-11-10-23-19)27-12-3-4-13-27/h1-2,5-11,14H,3-4,12-13H2,(H2,25,26,28). The summed E-state index contributed by atoms with van der Waals surface area (Å²) in [5.41, 5.74) is 2.95. The van der Waals surface area contributed by atoms with Crippen LogP contribution in [0.4, 0.5) is 22.0 Å². The number of aromatic nitrogens is 2. The van der Waals surface area contributed by atoms with Crippen molar-refractivity contribution in [2.45, 2.75) is 12.8 Å². The van der Waals surface area contributed by atoms with E-state index in [9.17, 15) is 4.79 Å². The van der Waals surface area contributed by atoms with Gasteiger partial charge in [-0.1, -0.05) is 35.9 Å². The summed E-state index contributed by atoms with van der Waals surface area (Å²) in [5.74, 6) is 0.887. The number of carbonyl (C=O) groups excluding carboxylic acids is 1. The van der Waals surface area contributed by atoms with Crippen molar-refractivity contribution < 1.29 is 4.79 Å². The lowest BCUT2D eigenvalue weighted by Crippen LogP contribution is -2.20. The second-order valence-corrected chi connectivity index (χ2v) is 6.97. The van der Waals surface area contributed by atoms with Crippen LogP contribution in [0.2, 0.25) is 5.02 Å². The SMILES string of the molecule is O=C(Nc1cccc(-c2nccnc2N2CCCC2)c1)Nc1ccccc1Cl. The van der Waals surface area contributed by atoms with Crippen molar-refractivity contribution in [1.29, 1.82) is 0 Å². The summed E-state index contributed by atoms with van der Waals surface area (Å²) in [5, 5.41) is 6.09. The number of nitrogens with one attached hydrogen (secondary N) is 2. The number of benzene rings is 2. The zero-order valence-corrected chi connectivity index (χ0v) is 16.0. The van der Waals surface area contributed by atoms with E-state index in [1.54, 1.807) is 24.5 Å². The highest BCUT2D eigenvalue weighted by molar-refractivity contribution is 6.33. The molecule has 7 heteroatoms. The quantitative estimate of drug-likeness (QED) is 0.651. The minimum absolute atomic E-state index is 0.357. The minimum atomic E-state index is -0.357. The predicted octanol–water partition coefficient (Wildman–Crippen LogP) is 5.04. The maximum Gasteiger partial charge on any atom is 0.323 e. The molecule has 6 nitrogen and oxygen atoms in total. The average Bonchev–Trinajstić information content (AvgIpc) is 3.25. The Morgan fingerprint density at radius 2 is 1.75 bits per heavy atom. The largest absolute Gasteiger partial charge is 0.355 e. The molecule has 0 radical (unpaired) electrons. The van der Waals surface area contributed by atoms with Crippen LogP contribution in [0.25, 0.3) is 11.3 Å². The van der Waals surface area contributed by atoms with Gasteiger partial charge in [0, 0.05) is 36.7 Å². The number of para-hydroxylation sites is 1. The van der Waals surface area contributed by atoms with Crippen molar-refractivity contribution in [3.63, 3.8) is 0 Å². The molecule has 28 heavy (non-hydrogen) atoms. The molecule has 1 aromatic heterocycles. The van der Waals surface area contributed by atoms with E-state index in [4.69, 9.17) is 11.6 Å². The Balaban J connectivity index is 1.54. The molecular formula is C21H20ClN5O. The van der Waals surface area contributed by atoms with Gasteiger partial charge in [-0.3, -0.25) is 4.98 Å². The number of amides is 2. The Morgan fingerprint density at radius 1 is 0.964 bits per heavy atom. The molecule has 0 spiro atoms. The summed E-state index contributed by atoms with van der Waals surface area (Å²) >= 11 is 6.09. The van der Waals surface area contributed by atoms with Crippen LogP contribution >= 0.6 is 11.6 Å². The van der Waals surface area contributed by atoms with Crippen LogP contribution in [0.1, 0.15) is 12.8 Å². The number of nitrogens with zero attached hydrogens (tertiary/aromatic N) is 3. The lowest BCUT2D eigenvalue weighted by atomic mass is 10.1. The molecule has 0 unspecified atom stereocenters. The summed E-state index contributed by atoms with van der Waals surface area (Å²) in [6.07, 6.45) is 5.75. The normalized spacial score (nSPS) is 13.4. The van der Waals surface area contributed by atoms with Gasteiger partial charge in [-0.2, -0.15) is 0 Å². The molecule has 2 heterocycles. The van der Waals surface area contributed by atoms with Crippen LogP contribution in [-0.2, 0) is 0 Å². The molecule has 2 amide bonds. The molecule has 1 aliphatic rings. The Hall–Kier alpha value is -3.12. The monoisotopic (exact) mass is 393 g/mol. The molecule has 142 valence electrons. The van der Waals surface area contributed by atoms with Crippen LogP contribution in [-0.4, -0.2) is 29.1 Å². The first-order valence-electron chi connectivity index (χ1n) is 9.19. The van der Waals surface area contributed by atoms with Gasteiger partial charge >= 0.3 is 6.03 Å². The van der Waals surface area contributed by atoms with Crippen LogP contribution in [0.5, 0.6) is 0 Å². The molecule has 2 N–H and O–H groups in total. The fourth-order valence-electron chi connectivity index (χ4n) is 3.29. The average molecular weight is 394 g/mol. The van der Waals surface area contributed by atoms with Crippen LogP contribution in [0.3, 0.4) is 0 Å². The van der Waals surface area contributed by atoms with Crippen molar-refractivity contribution in [2.24, 2.45) is 0 Å². The van der Waals surface area contributed by atoms with Gasteiger partial charge in [0.2, 0.25) is 0 Å². The molecule has 0 saturated carbocycles. The van der Waals surface area contributed by atoms with E-state index < -0.39 is 0 Å². The molecule has 3 aromatic rings. The molecule has 1 aliphatic heterocycles. The van der Waals surface area contributed by atoms with Crippen LogP contribution in [0, 0.1) is 0 Å². The smallest absolute Gasteiger partial charge is 0.323 e. The van der Waals surface area contributed by atoms with E-state index in [1.807, 2.05) is 36.4 Å². The zero-order valence-electron chi connectivity index (χ0n) is 15.2. The third-order valence-corrected chi connectivity index (χ3v) is 4.93. The van der Waals surface area contributed by atoms with E-state index in [2.05, 4.69) is 25.5 Å². The Labute approximate surface area is 168 Å². The van der Waals surface area contributed by atoms with Crippen molar-refractivity contribution in [2.75, 3.05) is 28.6 Å². The van der Waals surface area contributed by atoms with E-state index in [-0.39, 0.29) is 6.03 Å². The van der Waals surface area contributed by atoms with E-state index in [1.165, 1.54) is 12.8 Å². The molecule has 0 atom stereocenters. The van der Waals surface area contributed by atoms with Gasteiger partial charge in [-0.05, 0) is 37.1 Å². The van der Waals surface area contributed by atoms with Gasteiger partial charge in [0.25, 0.3) is 0 Å². The zero-order chi connectivity index (χ0) is 19.3. The van der Waals surface area contributed by atoms with Gasteiger partial charge < -0.3 is 15.5 Å². The Bertz CT molecular complexity index is 988. The molecule has 0 aliphatic carbocycles. The van der Waals surface area contributed by atoms with E-state index in [0.717, 1.165) is 30.2 Å². The van der Waals surface area contributed by atoms with Gasteiger partial charge in [-0.15, -0.1) is 0 Å². The predicted molar refractivity (Wildman–Crippen MR) is 113 cm³/mol. The number of hydrogen-bond donors (Lipinski definition) is 2. The van der Waals surface area contributed by atoms with Crippen molar-refractivity contribution in [1.82, 2.24) is 9.97 Å². The first-order valence-corrected chi connectivity index (χ1v) is 9.57. The lowest BCUT2D eigenvalue weighted by molar-refractivity contribution is 0.262. The number of hydrogen-bond acceptors (Lipinski definition) is 4. The number of carbonyl (C=O) groups is 1. The summed E-state index contributed by atoms with van der Waals surface area (Å²) in [6.45, 7) is 1.98. The highest BCUT2D eigenvalue weighted by Crippen LogP contribution is 2.30. The maximum absolute atomic E-state index is 12.3. The summed E-state index contributed by atoms with van der Waals surface area (Å²) in [4.78, 5) is 23.7. The second kappa shape index (κ2) is 8.27. The molecule has 4 rings (SSSR count). The highest BCUT2D eigenvalue weighted by atomic mass is 35.5. The fraction of sp³-hybridized carbons (Fsp3) is 0.190. The summed E-state index contributed by atoms with van der Waals surface area (Å²) < 4.78 is 0. The third kappa shape index (κ3) is 4.07. The van der Waals surface area contributed by atoms with Gasteiger partial charge in [0.05, 0.1) is 10.7 Å². The van der Waals surface area contributed by atoms with E-state index in [0.29, 0.717) is 16.4 Å². The van der Waals surface area contributed by atoms with Gasteiger partial charge in [0.15, 0.2) is 5.82 Å². The van der Waals surface area contributed by atoms with Crippen LogP contribution < -0.4 is 15.5 Å². The summed E-state index contributed by atoms with van der Waals surface area (Å²) in [7, 11) is 0. The van der Waals surface area contributed by atoms with Crippen molar-refractivity contribution in [3.8, 4) is 11.3 Å². The first-order chi connectivity index (χ1) is 13.7. The third-order valence-electron chi connectivity index (χ3n) is 4.60. The minimum Gasteiger partial charge on any atom is -0.355 e. The maximum atomic E-state index is 12.3. The highest BCUT2D eigenvalue weighted by Gasteiger charge is 2.19. The number of urea groups is 1. The van der Waals surface area contributed by atoms with E-state index >= 15 is 0 Å². The number of anilines is 3. The Kier molecular flexibility index (Phi) is 5.39. The topological polar surface area (TPSA) is 70.2 Å². The fourth-order valence-corrected chi connectivity index (χ4v) is 3.47. The van der Waals surface area contributed by atoms with Crippen molar-refractivity contribution in [3.05, 3.63) is 65.9 Å². The molecular weight excluding hydrogens is 374 g/mol. The first kappa shape index (κ1) is 18.3. The van der Waals surface area contributed by atoms with Crippen LogP contribution in [0.15, 0.2) is 60.9 Å².